The van der Waals surface area contributed by atoms with E-state index in [0.29, 0.717) is 12.6 Å². The molecule has 1 aliphatic heterocycles. The summed E-state index contributed by atoms with van der Waals surface area (Å²) in [6.45, 7) is 12.8. The molecular formula is C12H22N2O2. The molecule has 92 valence electrons. The van der Waals surface area contributed by atoms with Gasteiger partial charge in [0.25, 0.3) is 0 Å². The molecule has 0 saturated carbocycles. The van der Waals surface area contributed by atoms with Gasteiger partial charge >= 0.3 is 6.09 Å². The molecule has 0 aromatic heterocycles. The quantitative estimate of drug-likeness (QED) is 0.693. The molecule has 1 N–H and O–H groups in total. The van der Waals surface area contributed by atoms with E-state index in [1.807, 2.05) is 20.8 Å². The van der Waals surface area contributed by atoms with Gasteiger partial charge in [-0.1, -0.05) is 6.08 Å². The Hall–Kier alpha value is -1.03. The molecule has 1 heterocycles. The fourth-order valence-electron chi connectivity index (χ4n) is 1.67. The SMILES string of the molecule is C=C[C@@H]1CN[C@@H](C)CN1C(=O)OC(C)(C)C. The smallest absolute Gasteiger partial charge is 0.410 e. The molecule has 0 unspecified atom stereocenters. The lowest BCUT2D eigenvalue weighted by Gasteiger charge is -2.38. The number of carbonyl (C=O) groups is 1. The van der Waals surface area contributed by atoms with E-state index in [4.69, 9.17) is 4.74 Å². The summed E-state index contributed by atoms with van der Waals surface area (Å²) in [7, 11) is 0. The lowest BCUT2D eigenvalue weighted by molar-refractivity contribution is 0.0134. The fourth-order valence-corrected chi connectivity index (χ4v) is 1.67. The second kappa shape index (κ2) is 4.87. The Morgan fingerprint density at radius 3 is 2.69 bits per heavy atom. The summed E-state index contributed by atoms with van der Waals surface area (Å²) in [5.41, 5.74) is -0.448. The first-order chi connectivity index (χ1) is 7.33. The van der Waals surface area contributed by atoms with Crippen LogP contribution >= 0.6 is 0 Å². The van der Waals surface area contributed by atoms with Crippen LogP contribution in [0.5, 0.6) is 0 Å². The highest BCUT2D eigenvalue weighted by molar-refractivity contribution is 5.69. The lowest BCUT2D eigenvalue weighted by atomic mass is 10.1. The molecule has 1 amide bonds. The zero-order chi connectivity index (χ0) is 12.3. The first kappa shape index (κ1) is 13.0. The number of amides is 1. The highest BCUT2D eigenvalue weighted by Crippen LogP contribution is 2.15. The van der Waals surface area contributed by atoms with E-state index in [-0.39, 0.29) is 12.1 Å². The third-order valence-electron chi connectivity index (χ3n) is 2.45. The average molecular weight is 226 g/mol. The second-order valence-corrected chi connectivity index (χ2v) is 5.25. The first-order valence-corrected chi connectivity index (χ1v) is 5.69. The highest BCUT2D eigenvalue weighted by Gasteiger charge is 2.30. The Kier molecular flexibility index (Phi) is 3.97. The van der Waals surface area contributed by atoms with E-state index in [0.717, 1.165) is 6.54 Å². The number of nitrogens with zero attached hydrogens (tertiary/aromatic N) is 1. The van der Waals surface area contributed by atoms with Gasteiger partial charge in [-0.05, 0) is 27.7 Å². The van der Waals surface area contributed by atoms with Crippen molar-refractivity contribution in [2.45, 2.75) is 45.4 Å². The van der Waals surface area contributed by atoms with Gasteiger partial charge in [0.15, 0.2) is 0 Å². The molecule has 0 spiro atoms. The largest absolute Gasteiger partial charge is 0.444 e. The summed E-state index contributed by atoms with van der Waals surface area (Å²) >= 11 is 0. The van der Waals surface area contributed by atoms with Crippen LogP contribution in [-0.4, -0.2) is 41.8 Å². The molecule has 2 atom stereocenters. The normalized spacial score (nSPS) is 26.4. The maximum atomic E-state index is 12.0. The van der Waals surface area contributed by atoms with Crippen LogP contribution < -0.4 is 5.32 Å². The molecule has 0 aromatic carbocycles. The van der Waals surface area contributed by atoms with Crippen molar-refractivity contribution in [2.75, 3.05) is 13.1 Å². The van der Waals surface area contributed by atoms with Crippen molar-refractivity contribution < 1.29 is 9.53 Å². The minimum atomic E-state index is -0.448. The third-order valence-corrected chi connectivity index (χ3v) is 2.45. The third kappa shape index (κ3) is 3.52. The Balaban J connectivity index is 2.67. The van der Waals surface area contributed by atoms with Crippen LogP contribution in [0.4, 0.5) is 4.79 Å². The Bertz CT molecular complexity index is 271. The monoisotopic (exact) mass is 226 g/mol. The van der Waals surface area contributed by atoms with Crippen molar-refractivity contribution in [2.24, 2.45) is 0 Å². The van der Waals surface area contributed by atoms with E-state index >= 15 is 0 Å². The van der Waals surface area contributed by atoms with Gasteiger partial charge in [0, 0.05) is 19.1 Å². The molecule has 0 aromatic rings. The molecule has 0 aliphatic carbocycles. The molecule has 1 rings (SSSR count). The van der Waals surface area contributed by atoms with E-state index < -0.39 is 5.60 Å². The van der Waals surface area contributed by atoms with E-state index in [9.17, 15) is 4.79 Å². The minimum absolute atomic E-state index is 0.0195. The van der Waals surface area contributed by atoms with Gasteiger partial charge in [-0.25, -0.2) is 4.79 Å². The summed E-state index contributed by atoms with van der Waals surface area (Å²) in [5, 5.41) is 3.31. The molecule has 1 aliphatic rings. The maximum Gasteiger partial charge on any atom is 0.410 e. The predicted octanol–water partition coefficient (Wildman–Crippen LogP) is 1.77. The molecule has 4 nitrogen and oxygen atoms in total. The lowest BCUT2D eigenvalue weighted by Crippen LogP contribution is -2.57. The van der Waals surface area contributed by atoms with E-state index in [2.05, 4.69) is 18.8 Å². The van der Waals surface area contributed by atoms with Gasteiger partial charge in [-0.15, -0.1) is 6.58 Å². The molecule has 1 fully saturated rings. The molecule has 1 saturated heterocycles. The summed E-state index contributed by atoms with van der Waals surface area (Å²) in [6.07, 6.45) is 1.52. The van der Waals surface area contributed by atoms with Crippen LogP contribution in [0.3, 0.4) is 0 Å². The molecule has 0 radical (unpaired) electrons. The molecular weight excluding hydrogens is 204 g/mol. The number of rotatable bonds is 1. The minimum Gasteiger partial charge on any atom is -0.444 e. The van der Waals surface area contributed by atoms with Gasteiger partial charge in [-0.3, -0.25) is 4.90 Å². The number of hydrogen-bond acceptors (Lipinski definition) is 3. The maximum absolute atomic E-state index is 12.0. The van der Waals surface area contributed by atoms with Crippen molar-refractivity contribution in [3.63, 3.8) is 0 Å². The summed E-state index contributed by atoms with van der Waals surface area (Å²) in [4.78, 5) is 13.7. The highest BCUT2D eigenvalue weighted by atomic mass is 16.6. The van der Waals surface area contributed by atoms with Gasteiger partial charge < -0.3 is 10.1 Å². The van der Waals surface area contributed by atoms with Crippen LogP contribution in [0.2, 0.25) is 0 Å². The zero-order valence-electron chi connectivity index (χ0n) is 10.6. The van der Waals surface area contributed by atoms with Crippen LogP contribution in [0, 0.1) is 0 Å². The van der Waals surface area contributed by atoms with Crippen molar-refractivity contribution in [1.29, 1.82) is 0 Å². The van der Waals surface area contributed by atoms with Crippen LogP contribution in [0.25, 0.3) is 0 Å². The Morgan fingerprint density at radius 1 is 1.56 bits per heavy atom. The first-order valence-electron chi connectivity index (χ1n) is 5.69. The average Bonchev–Trinajstić information content (AvgIpc) is 2.15. The summed E-state index contributed by atoms with van der Waals surface area (Å²) in [5.74, 6) is 0. The summed E-state index contributed by atoms with van der Waals surface area (Å²) < 4.78 is 5.37. The van der Waals surface area contributed by atoms with Gasteiger partial charge in [-0.2, -0.15) is 0 Å². The Labute approximate surface area is 97.6 Å². The van der Waals surface area contributed by atoms with E-state index in [1.165, 1.54) is 0 Å². The van der Waals surface area contributed by atoms with Crippen LogP contribution in [-0.2, 0) is 4.74 Å². The summed E-state index contributed by atoms with van der Waals surface area (Å²) in [6, 6.07) is 0.315. The Morgan fingerprint density at radius 2 is 2.19 bits per heavy atom. The van der Waals surface area contributed by atoms with Crippen molar-refractivity contribution in [1.82, 2.24) is 10.2 Å². The van der Waals surface area contributed by atoms with Crippen LogP contribution in [0.1, 0.15) is 27.7 Å². The number of ether oxygens (including phenoxy) is 1. The molecule has 0 bridgehead atoms. The van der Waals surface area contributed by atoms with Gasteiger partial charge in [0.05, 0.1) is 6.04 Å². The molecule has 16 heavy (non-hydrogen) atoms. The van der Waals surface area contributed by atoms with E-state index in [1.54, 1.807) is 11.0 Å². The van der Waals surface area contributed by atoms with Crippen LogP contribution in [0.15, 0.2) is 12.7 Å². The topological polar surface area (TPSA) is 41.6 Å². The van der Waals surface area contributed by atoms with Gasteiger partial charge in [0.2, 0.25) is 0 Å². The molecule has 4 heteroatoms. The second-order valence-electron chi connectivity index (χ2n) is 5.25. The van der Waals surface area contributed by atoms with Crippen molar-refractivity contribution in [3.05, 3.63) is 12.7 Å². The van der Waals surface area contributed by atoms with Crippen molar-refractivity contribution in [3.8, 4) is 0 Å². The number of piperazine rings is 1. The fraction of sp³-hybridized carbons (Fsp3) is 0.750. The predicted molar refractivity (Wildman–Crippen MR) is 64.4 cm³/mol. The number of nitrogens with one attached hydrogen (secondary N) is 1. The standard InChI is InChI=1S/C12H22N2O2/c1-6-10-7-13-9(2)8-14(10)11(15)16-12(3,4)5/h6,9-10,13H,1,7-8H2,2-5H3/t9-,10+/m0/s1. The van der Waals surface area contributed by atoms with Gasteiger partial charge in [0.1, 0.15) is 5.60 Å². The number of carbonyl (C=O) groups excluding carboxylic acids is 1. The zero-order valence-corrected chi connectivity index (χ0v) is 10.6. The number of hydrogen-bond donors (Lipinski definition) is 1. The van der Waals surface area contributed by atoms with Crippen molar-refractivity contribution >= 4 is 6.09 Å².